The van der Waals surface area contributed by atoms with Gasteiger partial charge in [0.25, 0.3) is 5.91 Å². The molecule has 1 N–H and O–H groups in total. The van der Waals surface area contributed by atoms with Crippen LogP contribution in [-0.4, -0.2) is 17.5 Å². The molecule has 1 aromatic carbocycles. The van der Waals surface area contributed by atoms with Crippen LogP contribution in [0.2, 0.25) is 5.15 Å². The molecule has 6 heteroatoms. The number of benzene rings is 1. The third kappa shape index (κ3) is 3.70. The molecule has 1 heterocycles. The summed E-state index contributed by atoms with van der Waals surface area (Å²) in [5, 5.41) is 11.4. The topological polar surface area (TPSA) is 75.0 Å². The normalized spacial score (nSPS) is 9.60. The summed E-state index contributed by atoms with van der Waals surface area (Å²) in [7, 11) is 0. The van der Waals surface area contributed by atoms with Crippen molar-refractivity contribution in [2.45, 2.75) is 0 Å². The van der Waals surface area contributed by atoms with Gasteiger partial charge in [0.05, 0.1) is 0 Å². The molecule has 100 valence electrons. The third-order valence-corrected chi connectivity index (χ3v) is 2.59. The van der Waals surface area contributed by atoms with E-state index in [1.54, 1.807) is 30.3 Å². The molecule has 0 aliphatic carbocycles. The van der Waals surface area contributed by atoms with Crippen LogP contribution >= 0.6 is 11.6 Å². The highest BCUT2D eigenvalue weighted by Crippen LogP contribution is 2.18. The Kier molecular flexibility index (Phi) is 4.53. The Bertz CT molecular complexity index is 667. The zero-order valence-corrected chi connectivity index (χ0v) is 11.1. The fourth-order valence-corrected chi connectivity index (χ4v) is 1.70. The number of ether oxygens (including phenoxy) is 1. The van der Waals surface area contributed by atoms with Crippen molar-refractivity contribution in [1.82, 2.24) is 4.98 Å². The summed E-state index contributed by atoms with van der Waals surface area (Å²) < 4.78 is 5.16. The number of carbonyl (C=O) groups excluding carboxylic acids is 1. The Balaban J connectivity index is 2.10. The second-order valence-electron chi connectivity index (χ2n) is 3.80. The summed E-state index contributed by atoms with van der Waals surface area (Å²) in [5.41, 5.74) is 0.978. The van der Waals surface area contributed by atoms with Crippen LogP contribution in [0.1, 0.15) is 10.4 Å². The van der Waals surface area contributed by atoms with E-state index in [2.05, 4.69) is 10.3 Å². The molecule has 20 heavy (non-hydrogen) atoms. The fraction of sp³-hybridized carbons (Fsp3) is 0.0714. The van der Waals surface area contributed by atoms with E-state index in [9.17, 15) is 4.79 Å². The van der Waals surface area contributed by atoms with Crippen molar-refractivity contribution in [3.63, 3.8) is 0 Å². The minimum atomic E-state index is -0.299. The molecule has 1 aromatic heterocycles. The molecule has 5 nitrogen and oxygen atoms in total. The Morgan fingerprint density at radius 3 is 3.00 bits per heavy atom. The molecule has 0 radical (unpaired) electrons. The van der Waals surface area contributed by atoms with Crippen LogP contribution < -0.4 is 10.1 Å². The molecule has 0 spiro atoms. The van der Waals surface area contributed by atoms with Crippen molar-refractivity contribution < 1.29 is 9.53 Å². The van der Waals surface area contributed by atoms with Gasteiger partial charge in [-0.3, -0.25) is 4.79 Å². The van der Waals surface area contributed by atoms with Crippen molar-refractivity contribution in [2.75, 3.05) is 11.9 Å². The first-order valence-electron chi connectivity index (χ1n) is 5.72. The van der Waals surface area contributed by atoms with E-state index in [4.69, 9.17) is 21.6 Å². The number of hydrogen-bond acceptors (Lipinski definition) is 4. The van der Waals surface area contributed by atoms with E-state index in [0.717, 1.165) is 0 Å². The quantitative estimate of drug-likeness (QED) is 0.877. The SMILES string of the molecule is N#CCOc1cccc(NC(=O)c2ccnc(Cl)c2)c1. The van der Waals surface area contributed by atoms with Gasteiger partial charge in [-0.05, 0) is 24.3 Å². The summed E-state index contributed by atoms with van der Waals surface area (Å²) in [6.07, 6.45) is 1.46. The van der Waals surface area contributed by atoms with Crippen LogP contribution in [0.4, 0.5) is 5.69 Å². The van der Waals surface area contributed by atoms with Gasteiger partial charge in [-0.15, -0.1) is 0 Å². The maximum atomic E-state index is 12.0. The Hall–Kier alpha value is -2.58. The minimum Gasteiger partial charge on any atom is -0.479 e. The zero-order chi connectivity index (χ0) is 14.4. The van der Waals surface area contributed by atoms with Crippen molar-refractivity contribution in [3.05, 3.63) is 53.3 Å². The van der Waals surface area contributed by atoms with E-state index in [1.807, 2.05) is 6.07 Å². The number of carbonyl (C=O) groups is 1. The molecule has 2 rings (SSSR count). The molecule has 0 aliphatic rings. The number of amides is 1. The summed E-state index contributed by atoms with van der Waals surface area (Å²) in [5.74, 6) is 0.212. The maximum Gasteiger partial charge on any atom is 0.255 e. The highest BCUT2D eigenvalue weighted by molar-refractivity contribution is 6.29. The average molecular weight is 288 g/mol. The molecule has 0 aliphatic heterocycles. The monoisotopic (exact) mass is 287 g/mol. The van der Waals surface area contributed by atoms with Crippen LogP contribution in [0, 0.1) is 11.3 Å². The number of pyridine rings is 1. The van der Waals surface area contributed by atoms with Gasteiger partial charge in [0, 0.05) is 23.5 Å². The van der Waals surface area contributed by atoms with Gasteiger partial charge in [0.2, 0.25) is 0 Å². The van der Waals surface area contributed by atoms with Gasteiger partial charge in [0.15, 0.2) is 6.61 Å². The van der Waals surface area contributed by atoms with Gasteiger partial charge in [0.1, 0.15) is 17.0 Å². The maximum absolute atomic E-state index is 12.0. The summed E-state index contributed by atoms with van der Waals surface area (Å²) in [6, 6.07) is 11.7. The standard InChI is InChI=1S/C14H10ClN3O2/c15-13-8-10(4-6-17-13)14(19)18-11-2-1-3-12(9-11)20-7-5-16/h1-4,6,8-9H,7H2,(H,18,19). The fourth-order valence-electron chi connectivity index (χ4n) is 1.53. The predicted octanol–water partition coefficient (Wildman–Crippen LogP) is 2.89. The summed E-state index contributed by atoms with van der Waals surface area (Å²) >= 11 is 5.73. The summed E-state index contributed by atoms with van der Waals surface area (Å²) in [4.78, 5) is 15.8. The lowest BCUT2D eigenvalue weighted by Gasteiger charge is -2.07. The molecule has 0 saturated heterocycles. The van der Waals surface area contributed by atoms with Gasteiger partial charge >= 0.3 is 0 Å². The molecular weight excluding hydrogens is 278 g/mol. The molecule has 0 fully saturated rings. The van der Waals surface area contributed by atoms with Crippen molar-refractivity contribution in [1.29, 1.82) is 5.26 Å². The second kappa shape index (κ2) is 6.55. The first kappa shape index (κ1) is 13.8. The van der Waals surface area contributed by atoms with Crippen LogP contribution in [0.15, 0.2) is 42.6 Å². The highest BCUT2D eigenvalue weighted by atomic mass is 35.5. The van der Waals surface area contributed by atoms with Crippen LogP contribution in [0.25, 0.3) is 0 Å². The van der Waals surface area contributed by atoms with Crippen molar-refractivity contribution in [3.8, 4) is 11.8 Å². The number of hydrogen-bond donors (Lipinski definition) is 1. The molecule has 2 aromatic rings. The van der Waals surface area contributed by atoms with E-state index in [0.29, 0.717) is 17.0 Å². The number of nitriles is 1. The molecule has 0 atom stereocenters. The van der Waals surface area contributed by atoms with Gasteiger partial charge in [-0.1, -0.05) is 17.7 Å². The number of aromatic nitrogens is 1. The third-order valence-electron chi connectivity index (χ3n) is 2.38. The molecule has 1 amide bonds. The summed E-state index contributed by atoms with van der Waals surface area (Å²) in [6.45, 7) is -0.0443. The van der Waals surface area contributed by atoms with Crippen molar-refractivity contribution >= 4 is 23.2 Å². The van der Waals surface area contributed by atoms with Crippen LogP contribution in [0.5, 0.6) is 5.75 Å². The van der Waals surface area contributed by atoms with E-state index < -0.39 is 0 Å². The van der Waals surface area contributed by atoms with E-state index in [1.165, 1.54) is 12.3 Å². The number of halogens is 1. The smallest absolute Gasteiger partial charge is 0.255 e. The molecule has 0 unspecified atom stereocenters. The second-order valence-corrected chi connectivity index (χ2v) is 4.18. The predicted molar refractivity (Wildman–Crippen MR) is 74.8 cm³/mol. The minimum absolute atomic E-state index is 0.0443. The lowest BCUT2D eigenvalue weighted by molar-refractivity contribution is 0.102. The number of nitrogens with one attached hydrogen (secondary N) is 1. The lowest BCUT2D eigenvalue weighted by Crippen LogP contribution is -2.12. The zero-order valence-electron chi connectivity index (χ0n) is 10.3. The molecule has 0 saturated carbocycles. The first-order valence-corrected chi connectivity index (χ1v) is 6.09. The van der Waals surface area contributed by atoms with Gasteiger partial charge < -0.3 is 10.1 Å². The number of rotatable bonds is 4. The Labute approximate surface area is 120 Å². The van der Waals surface area contributed by atoms with Gasteiger partial charge in [-0.25, -0.2) is 4.98 Å². The van der Waals surface area contributed by atoms with Crippen LogP contribution in [-0.2, 0) is 0 Å². The lowest BCUT2D eigenvalue weighted by atomic mass is 10.2. The average Bonchev–Trinajstić information content (AvgIpc) is 2.45. The Morgan fingerprint density at radius 1 is 1.40 bits per heavy atom. The number of nitrogens with zero attached hydrogens (tertiary/aromatic N) is 2. The molecular formula is C14H10ClN3O2. The molecule has 0 bridgehead atoms. The number of anilines is 1. The Morgan fingerprint density at radius 2 is 2.25 bits per heavy atom. The van der Waals surface area contributed by atoms with Crippen molar-refractivity contribution in [2.24, 2.45) is 0 Å². The van der Waals surface area contributed by atoms with E-state index in [-0.39, 0.29) is 17.7 Å². The first-order chi connectivity index (χ1) is 9.69. The van der Waals surface area contributed by atoms with Gasteiger partial charge in [-0.2, -0.15) is 5.26 Å². The highest BCUT2D eigenvalue weighted by Gasteiger charge is 2.07. The van der Waals surface area contributed by atoms with E-state index >= 15 is 0 Å². The van der Waals surface area contributed by atoms with Crippen LogP contribution in [0.3, 0.4) is 0 Å². The largest absolute Gasteiger partial charge is 0.479 e.